The second kappa shape index (κ2) is 8.91. The number of benzene rings is 1. The minimum Gasteiger partial charge on any atom is -0.403 e. The van der Waals surface area contributed by atoms with E-state index in [1.807, 2.05) is 4.90 Å². The lowest BCUT2D eigenvalue weighted by molar-refractivity contribution is 0.493. The normalized spacial score (nSPS) is 20.3. The molecule has 7 heteroatoms. The van der Waals surface area contributed by atoms with E-state index < -0.39 is 0 Å². The quantitative estimate of drug-likeness (QED) is 0.698. The molecule has 0 atom stereocenters. The summed E-state index contributed by atoms with van der Waals surface area (Å²) < 4.78 is 14.1. The van der Waals surface area contributed by atoms with Crippen molar-refractivity contribution < 1.29 is 4.39 Å². The van der Waals surface area contributed by atoms with Crippen LogP contribution in [0.1, 0.15) is 39.5 Å². The molecule has 1 saturated carbocycles. The van der Waals surface area contributed by atoms with Gasteiger partial charge in [0.1, 0.15) is 17.3 Å². The van der Waals surface area contributed by atoms with E-state index in [-0.39, 0.29) is 5.82 Å². The molecule has 1 fully saturated rings. The predicted octanol–water partition coefficient (Wildman–Crippen LogP) is 3.77. The molecule has 3 rings (SSSR count). The summed E-state index contributed by atoms with van der Waals surface area (Å²) in [6, 6.07) is 6.92. The van der Waals surface area contributed by atoms with Crippen molar-refractivity contribution in [1.82, 2.24) is 10.2 Å². The second-order valence-electron chi connectivity index (χ2n) is 7.60. The van der Waals surface area contributed by atoms with Gasteiger partial charge in [-0.2, -0.15) is 0 Å². The Kier molecular flexibility index (Phi) is 6.34. The lowest BCUT2D eigenvalue weighted by atomic mass is 10.2. The summed E-state index contributed by atoms with van der Waals surface area (Å²) in [5, 5.41) is 6.47. The molecule has 28 heavy (non-hydrogen) atoms. The van der Waals surface area contributed by atoms with Crippen LogP contribution in [0.2, 0.25) is 0 Å². The van der Waals surface area contributed by atoms with Crippen molar-refractivity contribution in [2.75, 3.05) is 11.9 Å². The van der Waals surface area contributed by atoms with Gasteiger partial charge in [0.2, 0.25) is 5.96 Å². The highest BCUT2D eigenvalue weighted by molar-refractivity contribution is 6.18. The molecular formula is C21H29FN6. The van der Waals surface area contributed by atoms with E-state index in [9.17, 15) is 4.39 Å². The Hall–Kier alpha value is -2.83. The highest BCUT2D eigenvalue weighted by Gasteiger charge is 2.30. The van der Waals surface area contributed by atoms with E-state index in [2.05, 4.69) is 41.0 Å². The Morgan fingerprint density at radius 3 is 2.75 bits per heavy atom. The van der Waals surface area contributed by atoms with Crippen LogP contribution in [0.3, 0.4) is 0 Å². The maximum atomic E-state index is 14.1. The molecule has 150 valence electrons. The van der Waals surface area contributed by atoms with Crippen molar-refractivity contribution in [3.8, 4) is 0 Å². The molecule has 0 unspecified atom stereocenters. The molecule has 1 aliphatic carbocycles. The van der Waals surface area contributed by atoms with E-state index in [1.165, 1.54) is 25.1 Å². The molecule has 0 radical (unpaired) electrons. The number of nitrogens with zero attached hydrogens (tertiary/aromatic N) is 3. The van der Waals surface area contributed by atoms with E-state index in [0.717, 1.165) is 12.8 Å². The van der Waals surface area contributed by atoms with E-state index >= 15 is 0 Å². The van der Waals surface area contributed by atoms with Crippen molar-refractivity contribution in [3.05, 3.63) is 54.4 Å². The molecule has 1 aromatic carbocycles. The van der Waals surface area contributed by atoms with Gasteiger partial charge < -0.3 is 16.4 Å². The van der Waals surface area contributed by atoms with Crippen LogP contribution in [-0.4, -0.2) is 29.3 Å². The summed E-state index contributed by atoms with van der Waals surface area (Å²) in [7, 11) is 0. The van der Waals surface area contributed by atoms with Crippen LogP contribution in [-0.2, 0) is 0 Å². The fraction of sp³-hybridized carbons (Fsp3) is 0.429. The van der Waals surface area contributed by atoms with Crippen molar-refractivity contribution in [2.24, 2.45) is 21.6 Å². The number of hydrogen-bond acceptors (Lipinski definition) is 5. The number of guanidine groups is 1. The van der Waals surface area contributed by atoms with Gasteiger partial charge in [-0.25, -0.2) is 14.4 Å². The first-order valence-corrected chi connectivity index (χ1v) is 9.82. The lowest BCUT2D eigenvalue weighted by Crippen LogP contribution is -2.40. The Balaban J connectivity index is 1.85. The zero-order valence-corrected chi connectivity index (χ0v) is 16.6. The number of para-hydroxylation sites is 1. The molecule has 0 bridgehead atoms. The van der Waals surface area contributed by atoms with Crippen molar-refractivity contribution in [2.45, 2.75) is 45.6 Å². The zero-order valence-electron chi connectivity index (χ0n) is 16.6. The third-order valence-electron chi connectivity index (χ3n) is 4.76. The Bertz CT molecular complexity index is 805. The molecule has 1 aliphatic heterocycles. The summed E-state index contributed by atoms with van der Waals surface area (Å²) in [6.45, 7) is 8.93. The van der Waals surface area contributed by atoms with E-state index in [0.29, 0.717) is 47.5 Å². The molecule has 0 aromatic heterocycles. The number of halogens is 1. The first kappa shape index (κ1) is 19.9. The topological polar surface area (TPSA) is 78.0 Å². The monoisotopic (exact) mass is 384 g/mol. The summed E-state index contributed by atoms with van der Waals surface area (Å²) in [5.74, 6) is 1.71. The highest BCUT2D eigenvalue weighted by atomic mass is 19.1. The summed E-state index contributed by atoms with van der Waals surface area (Å²) in [5.41, 5.74) is 6.71. The maximum Gasteiger partial charge on any atom is 0.209 e. The molecule has 0 saturated heterocycles. The molecule has 1 aromatic rings. The lowest BCUT2D eigenvalue weighted by Gasteiger charge is -2.24. The number of anilines is 1. The van der Waals surface area contributed by atoms with Crippen LogP contribution >= 0.6 is 0 Å². The van der Waals surface area contributed by atoms with Crippen LogP contribution in [0.15, 0.2) is 58.5 Å². The van der Waals surface area contributed by atoms with Crippen LogP contribution in [0.25, 0.3) is 0 Å². The van der Waals surface area contributed by atoms with Gasteiger partial charge in [0.25, 0.3) is 0 Å². The predicted molar refractivity (Wildman–Crippen MR) is 113 cm³/mol. The number of nitrogens with two attached hydrogens (primary N) is 1. The van der Waals surface area contributed by atoms with Crippen molar-refractivity contribution in [3.63, 3.8) is 0 Å². The van der Waals surface area contributed by atoms with Gasteiger partial charge >= 0.3 is 0 Å². The Morgan fingerprint density at radius 1 is 1.39 bits per heavy atom. The molecule has 1 heterocycles. The van der Waals surface area contributed by atoms with Gasteiger partial charge in [-0.1, -0.05) is 45.4 Å². The van der Waals surface area contributed by atoms with Crippen LogP contribution in [0.5, 0.6) is 0 Å². The minimum absolute atomic E-state index is 0.339. The molecule has 0 amide bonds. The maximum absolute atomic E-state index is 14.1. The molecule has 0 spiro atoms. The summed E-state index contributed by atoms with van der Waals surface area (Å²) in [6.07, 6.45) is 6.15. The Morgan fingerprint density at radius 2 is 2.11 bits per heavy atom. The van der Waals surface area contributed by atoms with Crippen LogP contribution in [0.4, 0.5) is 10.1 Å². The number of hydrogen-bond donors (Lipinski definition) is 3. The fourth-order valence-corrected chi connectivity index (χ4v) is 3.47. The average Bonchev–Trinajstić information content (AvgIpc) is 3.26. The van der Waals surface area contributed by atoms with Crippen LogP contribution < -0.4 is 16.4 Å². The fourth-order valence-electron chi connectivity index (χ4n) is 3.47. The molecular weight excluding hydrogens is 355 g/mol. The Labute approximate surface area is 166 Å². The zero-order chi connectivity index (χ0) is 20.1. The van der Waals surface area contributed by atoms with Gasteiger partial charge in [0.15, 0.2) is 5.84 Å². The van der Waals surface area contributed by atoms with Crippen molar-refractivity contribution >= 4 is 17.5 Å². The van der Waals surface area contributed by atoms with Crippen LogP contribution in [0, 0.1) is 11.7 Å². The van der Waals surface area contributed by atoms with Crippen molar-refractivity contribution in [1.29, 1.82) is 0 Å². The second-order valence-corrected chi connectivity index (χ2v) is 7.60. The summed E-state index contributed by atoms with van der Waals surface area (Å²) in [4.78, 5) is 11.2. The van der Waals surface area contributed by atoms with Gasteiger partial charge in [-0.15, -0.1) is 0 Å². The van der Waals surface area contributed by atoms with E-state index in [1.54, 1.807) is 18.2 Å². The van der Waals surface area contributed by atoms with Gasteiger partial charge in [-0.05, 0) is 30.9 Å². The largest absolute Gasteiger partial charge is 0.403 e. The molecule has 4 N–H and O–H groups in total. The highest BCUT2D eigenvalue weighted by Crippen LogP contribution is 2.23. The third kappa shape index (κ3) is 4.71. The minimum atomic E-state index is -0.342. The smallest absolute Gasteiger partial charge is 0.209 e. The van der Waals surface area contributed by atoms with Gasteiger partial charge in [0.05, 0.1) is 5.69 Å². The first-order valence-electron chi connectivity index (χ1n) is 9.82. The van der Waals surface area contributed by atoms with E-state index in [4.69, 9.17) is 5.73 Å². The number of aliphatic imine (C=N–C) groups is 2. The van der Waals surface area contributed by atoms with Gasteiger partial charge in [-0.3, -0.25) is 4.90 Å². The summed E-state index contributed by atoms with van der Waals surface area (Å²) >= 11 is 0. The third-order valence-corrected chi connectivity index (χ3v) is 4.76. The molecule has 6 nitrogen and oxygen atoms in total. The van der Waals surface area contributed by atoms with Gasteiger partial charge in [0, 0.05) is 18.8 Å². The number of nitrogens with one attached hydrogen (secondary N) is 2. The molecule has 2 aliphatic rings. The average molecular weight is 385 g/mol. The first-order chi connectivity index (χ1) is 13.5. The number of amidine groups is 1. The SMILES string of the molecule is C=C(/N=C1\C(=C/N)N=C(Nc2ccccc2F)N1CC(C)C)NC1CCCC1. The standard InChI is InChI=1S/C21H29FN6/c1-14(2)13-28-20(25-15(3)24-16-8-4-5-9-16)19(12-23)27-21(28)26-18-11-7-6-10-17(18)22/h6-7,10-12,14,16,24H,3-5,8-9,13,23H2,1-2H3,(H,26,27)/b19-12+,25-20+. The number of rotatable bonds is 6.